The molecule has 2 rings (SSSR count). The van der Waals surface area contributed by atoms with Gasteiger partial charge in [0.15, 0.2) is 0 Å². The summed E-state index contributed by atoms with van der Waals surface area (Å²) in [6, 6.07) is 8.70. The summed E-state index contributed by atoms with van der Waals surface area (Å²) < 4.78 is 5.26. The van der Waals surface area contributed by atoms with Crippen molar-refractivity contribution in [1.82, 2.24) is 5.32 Å². The number of hydrogen-bond donors (Lipinski definition) is 1. The van der Waals surface area contributed by atoms with E-state index in [0.717, 1.165) is 12.3 Å². The van der Waals surface area contributed by atoms with Crippen LogP contribution < -0.4 is 10.1 Å². The van der Waals surface area contributed by atoms with Crippen LogP contribution >= 0.6 is 12.4 Å². The van der Waals surface area contributed by atoms with Crippen molar-refractivity contribution in [3.63, 3.8) is 0 Å². The number of benzene rings is 1. The highest BCUT2D eigenvalue weighted by molar-refractivity contribution is 5.85. The van der Waals surface area contributed by atoms with Gasteiger partial charge in [0, 0.05) is 11.6 Å². The molecule has 0 amide bonds. The van der Waals surface area contributed by atoms with Crippen LogP contribution in [0.3, 0.4) is 0 Å². The van der Waals surface area contributed by atoms with Crippen LogP contribution in [0.1, 0.15) is 18.0 Å². The van der Waals surface area contributed by atoms with Crippen LogP contribution in [0, 0.1) is 0 Å². The monoisotopic (exact) mass is 199 g/mol. The van der Waals surface area contributed by atoms with Gasteiger partial charge in [-0.15, -0.1) is 12.4 Å². The number of nitrogens with one attached hydrogen (secondary N) is 1. The topological polar surface area (TPSA) is 21.3 Å². The third-order valence-corrected chi connectivity index (χ3v) is 2.34. The van der Waals surface area contributed by atoms with Crippen LogP contribution in [0.15, 0.2) is 24.3 Å². The van der Waals surface area contributed by atoms with Gasteiger partial charge >= 0.3 is 0 Å². The van der Waals surface area contributed by atoms with Gasteiger partial charge in [-0.05, 0) is 19.0 Å². The van der Waals surface area contributed by atoms with Gasteiger partial charge in [-0.2, -0.15) is 0 Å². The Morgan fingerprint density at radius 1 is 1.38 bits per heavy atom. The van der Waals surface area contributed by atoms with Crippen molar-refractivity contribution in [3.05, 3.63) is 29.8 Å². The van der Waals surface area contributed by atoms with Crippen molar-refractivity contribution in [2.75, 3.05) is 13.7 Å². The maximum atomic E-state index is 5.26. The van der Waals surface area contributed by atoms with Crippen LogP contribution in [0.4, 0.5) is 0 Å². The first kappa shape index (κ1) is 10.4. The van der Waals surface area contributed by atoms with E-state index in [9.17, 15) is 0 Å². The van der Waals surface area contributed by atoms with Gasteiger partial charge in [-0.3, -0.25) is 0 Å². The molecule has 2 nitrogen and oxygen atoms in total. The minimum absolute atomic E-state index is 0. The summed E-state index contributed by atoms with van der Waals surface area (Å²) in [7, 11) is 1.72. The summed E-state index contributed by atoms with van der Waals surface area (Å²) >= 11 is 0. The van der Waals surface area contributed by atoms with Gasteiger partial charge in [-0.1, -0.05) is 18.2 Å². The molecule has 13 heavy (non-hydrogen) atoms. The molecule has 1 aliphatic heterocycles. The average molecular weight is 200 g/mol. The Balaban J connectivity index is 0.000000845. The summed E-state index contributed by atoms with van der Waals surface area (Å²) in [6.07, 6.45) is 1.22. The first-order valence-electron chi connectivity index (χ1n) is 4.28. The molecular weight excluding hydrogens is 186 g/mol. The van der Waals surface area contributed by atoms with E-state index >= 15 is 0 Å². The van der Waals surface area contributed by atoms with Gasteiger partial charge in [0.05, 0.1) is 7.11 Å². The molecule has 0 aromatic heterocycles. The summed E-state index contributed by atoms with van der Waals surface area (Å²) in [6.45, 7) is 1.13. The first-order valence-corrected chi connectivity index (χ1v) is 4.28. The fraction of sp³-hybridized carbons (Fsp3) is 0.400. The minimum atomic E-state index is 0. The second-order valence-corrected chi connectivity index (χ2v) is 3.04. The van der Waals surface area contributed by atoms with E-state index in [1.807, 2.05) is 12.1 Å². The quantitative estimate of drug-likeness (QED) is 0.788. The fourth-order valence-electron chi connectivity index (χ4n) is 1.51. The Kier molecular flexibility index (Phi) is 3.58. The molecule has 1 aromatic carbocycles. The van der Waals surface area contributed by atoms with Crippen LogP contribution in [-0.2, 0) is 0 Å². The molecule has 1 N–H and O–H groups in total. The highest BCUT2D eigenvalue weighted by atomic mass is 35.5. The van der Waals surface area contributed by atoms with Gasteiger partial charge in [0.25, 0.3) is 0 Å². The number of para-hydroxylation sites is 1. The molecule has 1 fully saturated rings. The van der Waals surface area contributed by atoms with Gasteiger partial charge in [-0.25, -0.2) is 0 Å². The molecule has 0 bridgehead atoms. The SMILES string of the molecule is COc1ccccc1C1CCN1.Cl. The Labute approximate surface area is 84.7 Å². The Morgan fingerprint density at radius 3 is 2.62 bits per heavy atom. The predicted molar refractivity (Wildman–Crippen MR) is 55.6 cm³/mol. The van der Waals surface area contributed by atoms with Crippen molar-refractivity contribution < 1.29 is 4.74 Å². The highest BCUT2D eigenvalue weighted by Crippen LogP contribution is 2.30. The van der Waals surface area contributed by atoms with Gasteiger partial charge in [0.2, 0.25) is 0 Å². The Bertz CT molecular complexity index is 273. The van der Waals surface area contributed by atoms with E-state index in [1.54, 1.807) is 7.11 Å². The zero-order chi connectivity index (χ0) is 8.39. The lowest BCUT2D eigenvalue weighted by Gasteiger charge is -2.29. The normalized spacial score (nSPS) is 19.9. The zero-order valence-electron chi connectivity index (χ0n) is 7.62. The molecule has 1 aromatic rings. The largest absolute Gasteiger partial charge is 0.496 e. The lowest BCUT2D eigenvalue weighted by molar-refractivity contribution is 0.353. The van der Waals surface area contributed by atoms with E-state index in [-0.39, 0.29) is 12.4 Å². The third-order valence-electron chi connectivity index (χ3n) is 2.34. The summed E-state index contributed by atoms with van der Waals surface area (Å²) in [5.74, 6) is 0.995. The second-order valence-electron chi connectivity index (χ2n) is 3.04. The molecule has 1 aliphatic rings. The fourth-order valence-corrected chi connectivity index (χ4v) is 1.51. The van der Waals surface area contributed by atoms with E-state index < -0.39 is 0 Å². The first-order chi connectivity index (χ1) is 5.92. The van der Waals surface area contributed by atoms with Crippen LogP contribution in [-0.4, -0.2) is 13.7 Å². The highest BCUT2D eigenvalue weighted by Gasteiger charge is 2.20. The molecule has 0 radical (unpaired) electrons. The molecule has 0 saturated carbocycles. The summed E-state index contributed by atoms with van der Waals surface area (Å²) in [5, 5.41) is 3.36. The lowest BCUT2D eigenvalue weighted by atomic mass is 9.97. The smallest absolute Gasteiger partial charge is 0.123 e. The maximum Gasteiger partial charge on any atom is 0.123 e. The second kappa shape index (κ2) is 4.49. The number of rotatable bonds is 2. The van der Waals surface area contributed by atoms with E-state index in [1.165, 1.54) is 12.0 Å². The molecule has 1 atom stereocenters. The van der Waals surface area contributed by atoms with E-state index in [2.05, 4.69) is 17.4 Å². The molecule has 1 heterocycles. The van der Waals surface area contributed by atoms with Crippen molar-refractivity contribution >= 4 is 12.4 Å². The minimum Gasteiger partial charge on any atom is -0.496 e. The van der Waals surface area contributed by atoms with Crippen molar-refractivity contribution in [2.24, 2.45) is 0 Å². The van der Waals surface area contributed by atoms with Crippen molar-refractivity contribution in [1.29, 1.82) is 0 Å². The summed E-state index contributed by atoms with van der Waals surface area (Å²) in [5.41, 5.74) is 1.28. The van der Waals surface area contributed by atoms with Gasteiger partial charge in [0.1, 0.15) is 5.75 Å². The molecule has 72 valence electrons. The van der Waals surface area contributed by atoms with Crippen LogP contribution in [0.5, 0.6) is 5.75 Å². The summed E-state index contributed by atoms with van der Waals surface area (Å²) in [4.78, 5) is 0. The van der Waals surface area contributed by atoms with E-state index in [0.29, 0.717) is 6.04 Å². The van der Waals surface area contributed by atoms with Crippen molar-refractivity contribution in [3.8, 4) is 5.75 Å². The Hall–Kier alpha value is -0.730. The van der Waals surface area contributed by atoms with Crippen LogP contribution in [0.25, 0.3) is 0 Å². The molecular formula is C10H14ClNO. The molecule has 0 spiro atoms. The van der Waals surface area contributed by atoms with Crippen molar-refractivity contribution in [2.45, 2.75) is 12.5 Å². The number of ether oxygens (including phenoxy) is 1. The zero-order valence-corrected chi connectivity index (χ0v) is 8.43. The average Bonchev–Trinajstić information content (AvgIpc) is 2.02. The Morgan fingerprint density at radius 2 is 2.08 bits per heavy atom. The molecule has 1 unspecified atom stereocenters. The number of halogens is 1. The standard InChI is InChI=1S/C10H13NO.ClH/c1-12-10-5-3-2-4-8(10)9-6-7-11-9;/h2-5,9,11H,6-7H2,1H3;1H. The molecule has 3 heteroatoms. The maximum absolute atomic E-state index is 5.26. The predicted octanol–water partition coefficient (Wildman–Crippen LogP) is 2.15. The molecule has 0 aliphatic carbocycles. The number of methoxy groups -OCH3 is 1. The number of hydrogen-bond acceptors (Lipinski definition) is 2. The third kappa shape index (κ3) is 1.95. The van der Waals surface area contributed by atoms with Gasteiger partial charge < -0.3 is 10.1 Å². The lowest BCUT2D eigenvalue weighted by Crippen LogP contribution is -2.35. The van der Waals surface area contributed by atoms with E-state index in [4.69, 9.17) is 4.74 Å². The van der Waals surface area contributed by atoms with Crippen LogP contribution in [0.2, 0.25) is 0 Å². The molecule has 1 saturated heterocycles.